The number of aryl methyl sites for hydroxylation is 3. The summed E-state index contributed by atoms with van der Waals surface area (Å²) in [6.07, 6.45) is 1.85. The van der Waals surface area contributed by atoms with E-state index >= 15 is 0 Å². The van der Waals surface area contributed by atoms with Crippen LogP contribution < -0.4 is 15.1 Å². The Kier molecular flexibility index (Phi) is 5.40. The third-order valence-corrected chi connectivity index (χ3v) is 5.28. The van der Waals surface area contributed by atoms with Crippen molar-refractivity contribution in [2.45, 2.75) is 26.7 Å². The minimum atomic E-state index is -0.160. The molecular weight excluding hydrogens is 374 g/mol. The number of aromatic nitrogens is 2. The molecule has 4 rings (SSSR count). The lowest BCUT2D eigenvalue weighted by Gasteiger charge is -2.29. The van der Waals surface area contributed by atoms with Crippen molar-refractivity contribution in [2.24, 2.45) is 0 Å². The Morgan fingerprint density at radius 2 is 1.80 bits per heavy atom. The molecule has 30 heavy (non-hydrogen) atoms. The molecule has 154 valence electrons. The van der Waals surface area contributed by atoms with Gasteiger partial charge < -0.3 is 10.2 Å². The van der Waals surface area contributed by atoms with E-state index in [9.17, 15) is 4.79 Å². The van der Waals surface area contributed by atoms with Crippen molar-refractivity contribution >= 4 is 23.2 Å². The van der Waals surface area contributed by atoms with Gasteiger partial charge in [-0.15, -0.1) is 0 Å². The molecule has 3 heterocycles. The fourth-order valence-corrected chi connectivity index (χ4v) is 3.84. The van der Waals surface area contributed by atoms with Gasteiger partial charge in [0.05, 0.1) is 5.69 Å². The fourth-order valence-electron chi connectivity index (χ4n) is 3.84. The highest BCUT2D eigenvalue weighted by atomic mass is 16.2. The number of carbonyl (C=O) groups is 1. The SMILES string of the molecule is Cc1cc(NC(=O)N2CCCc3ccc(-c4cccc(N(C)C)c4)nc32)cc(C)n1. The maximum Gasteiger partial charge on any atom is 0.327 e. The van der Waals surface area contributed by atoms with Crippen LogP contribution in [0.2, 0.25) is 0 Å². The van der Waals surface area contributed by atoms with Gasteiger partial charge in [0.2, 0.25) is 0 Å². The molecule has 0 saturated heterocycles. The average Bonchev–Trinajstić information content (AvgIpc) is 2.72. The van der Waals surface area contributed by atoms with E-state index in [0.29, 0.717) is 6.54 Å². The van der Waals surface area contributed by atoms with Crippen molar-refractivity contribution in [3.05, 3.63) is 65.5 Å². The molecule has 0 saturated carbocycles. The molecule has 1 aromatic carbocycles. The van der Waals surface area contributed by atoms with Gasteiger partial charge in [-0.3, -0.25) is 9.88 Å². The first-order chi connectivity index (χ1) is 14.4. The zero-order valence-electron chi connectivity index (χ0n) is 17.9. The summed E-state index contributed by atoms with van der Waals surface area (Å²) in [5.41, 5.74) is 6.64. The number of nitrogens with one attached hydrogen (secondary N) is 1. The molecule has 6 nitrogen and oxygen atoms in total. The van der Waals surface area contributed by atoms with E-state index in [1.165, 1.54) is 0 Å². The lowest BCUT2D eigenvalue weighted by molar-refractivity contribution is 0.256. The zero-order valence-corrected chi connectivity index (χ0v) is 17.9. The highest BCUT2D eigenvalue weighted by Crippen LogP contribution is 2.30. The highest BCUT2D eigenvalue weighted by Gasteiger charge is 2.25. The number of hydrogen-bond donors (Lipinski definition) is 1. The van der Waals surface area contributed by atoms with Crippen molar-refractivity contribution in [3.63, 3.8) is 0 Å². The molecule has 6 heteroatoms. The molecule has 2 amide bonds. The van der Waals surface area contributed by atoms with Gasteiger partial charge in [-0.25, -0.2) is 9.78 Å². The number of fused-ring (bicyclic) bond motifs is 1. The van der Waals surface area contributed by atoms with Crippen LogP contribution in [0.15, 0.2) is 48.5 Å². The number of pyridine rings is 2. The largest absolute Gasteiger partial charge is 0.378 e. The maximum atomic E-state index is 13.1. The molecule has 0 spiro atoms. The van der Waals surface area contributed by atoms with Gasteiger partial charge in [0.15, 0.2) is 0 Å². The van der Waals surface area contributed by atoms with Crippen LogP contribution >= 0.6 is 0 Å². The minimum absolute atomic E-state index is 0.160. The van der Waals surface area contributed by atoms with Gasteiger partial charge in [0.25, 0.3) is 0 Å². The summed E-state index contributed by atoms with van der Waals surface area (Å²) < 4.78 is 0. The number of anilines is 3. The molecule has 3 aromatic rings. The van der Waals surface area contributed by atoms with Crippen LogP contribution in [-0.2, 0) is 6.42 Å². The van der Waals surface area contributed by atoms with Gasteiger partial charge in [-0.2, -0.15) is 0 Å². The number of hydrogen-bond acceptors (Lipinski definition) is 4. The van der Waals surface area contributed by atoms with Gasteiger partial charge in [-0.1, -0.05) is 18.2 Å². The predicted molar refractivity (Wildman–Crippen MR) is 122 cm³/mol. The van der Waals surface area contributed by atoms with Crippen LogP contribution in [0.25, 0.3) is 11.3 Å². The van der Waals surface area contributed by atoms with Crippen molar-refractivity contribution in [3.8, 4) is 11.3 Å². The van der Waals surface area contributed by atoms with E-state index in [2.05, 4.69) is 39.5 Å². The highest BCUT2D eigenvalue weighted by molar-refractivity contribution is 6.02. The third-order valence-electron chi connectivity index (χ3n) is 5.28. The number of urea groups is 1. The van der Waals surface area contributed by atoms with Crippen LogP contribution in [0, 0.1) is 13.8 Å². The van der Waals surface area contributed by atoms with E-state index in [1.54, 1.807) is 4.90 Å². The lowest BCUT2D eigenvalue weighted by atomic mass is 10.0. The molecule has 0 radical (unpaired) electrons. The lowest BCUT2D eigenvalue weighted by Crippen LogP contribution is -2.39. The second-order valence-electron chi connectivity index (χ2n) is 7.95. The van der Waals surface area contributed by atoms with E-state index in [-0.39, 0.29) is 6.03 Å². The van der Waals surface area contributed by atoms with Crippen LogP contribution in [0.3, 0.4) is 0 Å². The molecule has 0 atom stereocenters. The number of carbonyl (C=O) groups excluding carboxylic acids is 1. The molecule has 0 bridgehead atoms. The van der Waals surface area contributed by atoms with Gasteiger partial charge in [-0.05, 0) is 62.6 Å². The van der Waals surface area contributed by atoms with Crippen LogP contribution in [0.4, 0.5) is 22.0 Å². The summed E-state index contributed by atoms with van der Waals surface area (Å²) in [6.45, 7) is 4.50. The second-order valence-corrected chi connectivity index (χ2v) is 7.95. The molecule has 2 aromatic heterocycles. The normalized spacial score (nSPS) is 13.0. The van der Waals surface area contributed by atoms with Crippen LogP contribution in [0.1, 0.15) is 23.4 Å². The topological polar surface area (TPSA) is 61.4 Å². The Balaban J connectivity index is 1.65. The third kappa shape index (κ3) is 4.13. The monoisotopic (exact) mass is 401 g/mol. The first kappa shape index (κ1) is 19.9. The van der Waals surface area contributed by atoms with E-state index in [1.807, 2.05) is 52.2 Å². The second kappa shape index (κ2) is 8.14. The van der Waals surface area contributed by atoms with E-state index < -0.39 is 0 Å². The Labute approximate surface area is 177 Å². The maximum absolute atomic E-state index is 13.1. The first-order valence-corrected chi connectivity index (χ1v) is 10.2. The van der Waals surface area contributed by atoms with Crippen LogP contribution in [0.5, 0.6) is 0 Å². The molecule has 0 unspecified atom stereocenters. The fraction of sp³-hybridized carbons (Fsp3) is 0.292. The molecule has 1 aliphatic rings. The Morgan fingerprint density at radius 1 is 1.03 bits per heavy atom. The summed E-state index contributed by atoms with van der Waals surface area (Å²) in [5, 5.41) is 3.02. The van der Waals surface area contributed by atoms with Crippen molar-refractivity contribution in [1.29, 1.82) is 0 Å². The molecule has 0 fully saturated rings. The minimum Gasteiger partial charge on any atom is -0.378 e. The predicted octanol–water partition coefficient (Wildman–Crippen LogP) is 4.81. The molecule has 0 aliphatic carbocycles. The number of rotatable bonds is 3. The first-order valence-electron chi connectivity index (χ1n) is 10.2. The summed E-state index contributed by atoms with van der Waals surface area (Å²) in [4.78, 5) is 26.2. The molecule has 1 N–H and O–H groups in total. The summed E-state index contributed by atoms with van der Waals surface area (Å²) >= 11 is 0. The zero-order chi connectivity index (χ0) is 21.3. The Morgan fingerprint density at radius 3 is 2.53 bits per heavy atom. The van der Waals surface area contributed by atoms with E-state index in [0.717, 1.165) is 58.2 Å². The Hall–Kier alpha value is -3.41. The van der Waals surface area contributed by atoms with Gasteiger partial charge >= 0.3 is 6.03 Å². The van der Waals surface area contributed by atoms with E-state index in [4.69, 9.17) is 4.98 Å². The van der Waals surface area contributed by atoms with Crippen molar-refractivity contribution in [1.82, 2.24) is 9.97 Å². The quantitative estimate of drug-likeness (QED) is 0.684. The number of nitrogens with zero attached hydrogens (tertiary/aromatic N) is 4. The standard InChI is InChI=1S/C24H27N5O/c1-16-13-20(14-17(2)25-16)26-24(30)29-12-6-8-18-10-11-22(27-23(18)29)19-7-5-9-21(15-19)28(3)4/h5,7,9-11,13-15H,6,8,12H2,1-4H3,(H,25,26,30). The van der Waals surface area contributed by atoms with Crippen molar-refractivity contribution in [2.75, 3.05) is 35.8 Å². The summed E-state index contributed by atoms with van der Waals surface area (Å²) in [5.74, 6) is 0.744. The smallest absolute Gasteiger partial charge is 0.327 e. The van der Waals surface area contributed by atoms with Crippen LogP contribution in [-0.4, -0.2) is 36.6 Å². The number of amides is 2. The summed E-state index contributed by atoms with van der Waals surface area (Å²) in [6, 6.07) is 16.0. The Bertz CT molecular complexity index is 1070. The van der Waals surface area contributed by atoms with Gasteiger partial charge in [0.1, 0.15) is 5.82 Å². The molecule has 1 aliphatic heterocycles. The molecular formula is C24H27N5O. The van der Waals surface area contributed by atoms with Gasteiger partial charge in [0, 0.05) is 49.0 Å². The number of benzene rings is 1. The van der Waals surface area contributed by atoms with Crippen molar-refractivity contribution < 1.29 is 4.79 Å². The average molecular weight is 402 g/mol. The summed E-state index contributed by atoms with van der Waals surface area (Å²) in [7, 11) is 4.04.